The number of fused-ring (bicyclic) bond motifs is 1. The number of carbonyl (C=O) groups is 1. The predicted octanol–water partition coefficient (Wildman–Crippen LogP) is 3.20. The van der Waals surface area contributed by atoms with Crippen molar-refractivity contribution in [1.82, 2.24) is 14.5 Å². The maximum absolute atomic E-state index is 13.3. The van der Waals surface area contributed by atoms with Gasteiger partial charge in [0.25, 0.3) is 11.5 Å². The van der Waals surface area contributed by atoms with Crippen LogP contribution in [0.5, 0.6) is 0 Å². The van der Waals surface area contributed by atoms with Crippen LogP contribution in [0.2, 0.25) is 0 Å². The molecule has 0 aliphatic heterocycles. The van der Waals surface area contributed by atoms with Crippen molar-refractivity contribution in [1.29, 1.82) is 5.26 Å². The zero-order valence-electron chi connectivity index (χ0n) is 18.4. The molecule has 7 nitrogen and oxygen atoms in total. The third kappa shape index (κ3) is 4.43. The lowest BCUT2D eigenvalue weighted by atomic mass is 10.1. The Bertz CT molecular complexity index is 1540. The number of nitrogens with zero attached hydrogens (tertiary/aromatic N) is 3. The Morgan fingerprint density at radius 1 is 1.00 bits per heavy atom. The number of amides is 1. The van der Waals surface area contributed by atoms with Crippen LogP contribution in [0.15, 0.2) is 95.0 Å². The van der Waals surface area contributed by atoms with E-state index in [4.69, 9.17) is 0 Å². The quantitative estimate of drug-likeness (QED) is 0.437. The van der Waals surface area contributed by atoms with Crippen LogP contribution in [0.1, 0.15) is 27.0 Å². The summed E-state index contributed by atoms with van der Waals surface area (Å²) in [5, 5.41) is 12.6. The maximum Gasteiger partial charge on any atom is 0.332 e. The van der Waals surface area contributed by atoms with Crippen molar-refractivity contribution in [2.75, 3.05) is 0 Å². The molecule has 4 aromatic rings. The van der Waals surface area contributed by atoms with Gasteiger partial charge in [-0.3, -0.25) is 18.7 Å². The van der Waals surface area contributed by atoms with Gasteiger partial charge in [-0.2, -0.15) is 5.26 Å². The Labute approximate surface area is 195 Å². The average Bonchev–Trinajstić information content (AvgIpc) is 2.88. The van der Waals surface area contributed by atoms with E-state index in [1.165, 1.54) is 10.6 Å². The van der Waals surface area contributed by atoms with Gasteiger partial charge < -0.3 is 5.32 Å². The van der Waals surface area contributed by atoms with E-state index in [1.54, 1.807) is 42.5 Å². The molecular formula is C27H22N4O3. The lowest BCUT2D eigenvalue weighted by Crippen LogP contribution is -2.40. The van der Waals surface area contributed by atoms with Gasteiger partial charge in [0.1, 0.15) is 0 Å². The first-order chi connectivity index (χ1) is 16.5. The molecule has 0 saturated heterocycles. The Kier molecular flexibility index (Phi) is 6.51. The highest BCUT2D eigenvalue weighted by atomic mass is 16.2. The van der Waals surface area contributed by atoms with Gasteiger partial charge in [0.2, 0.25) is 0 Å². The van der Waals surface area contributed by atoms with E-state index in [0.717, 1.165) is 10.1 Å². The lowest BCUT2D eigenvalue weighted by Gasteiger charge is -2.15. The van der Waals surface area contributed by atoms with Crippen molar-refractivity contribution < 1.29 is 4.79 Å². The summed E-state index contributed by atoms with van der Waals surface area (Å²) < 4.78 is 2.52. The van der Waals surface area contributed by atoms with Gasteiger partial charge in [0, 0.05) is 18.7 Å². The van der Waals surface area contributed by atoms with Gasteiger partial charge in [0.15, 0.2) is 0 Å². The fraction of sp³-hybridized carbons (Fsp3) is 0.111. The van der Waals surface area contributed by atoms with Crippen LogP contribution in [-0.4, -0.2) is 15.0 Å². The maximum atomic E-state index is 13.3. The average molecular weight is 450 g/mol. The number of rotatable bonds is 7. The lowest BCUT2D eigenvalue weighted by molar-refractivity contribution is 0.0951. The number of carbonyl (C=O) groups excluding carboxylic acids is 1. The number of nitriles is 1. The van der Waals surface area contributed by atoms with E-state index in [-0.39, 0.29) is 19.0 Å². The fourth-order valence-corrected chi connectivity index (χ4v) is 3.82. The standard InChI is InChI=1S/C27H22N4O3/c1-2-14-30-26(33)23-13-12-20(25(32)29-17-19-8-4-3-5-9-19)15-24(23)31(27(30)34)18-22-11-7-6-10-21(22)16-28/h2-13,15H,1,14,17-18H2,(H,29,32). The van der Waals surface area contributed by atoms with E-state index in [9.17, 15) is 19.6 Å². The number of hydrogen-bond acceptors (Lipinski definition) is 4. The highest BCUT2D eigenvalue weighted by Crippen LogP contribution is 2.16. The van der Waals surface area contributed by atoms with Crippen LogP contribution in [-0.2, 0) is 19.6 Å². The predicted molar refractivity (Wildman–Crippen MR) is 131 cm³/mol. The first-order valence-electron chi connectivity index (χ1n) is 10.7. The molecule has 3 aromatic carbocycles. The van der Waals surface area contributed by atoms with E-state index in [2.05, 4.69) is 18.0 Å². The zero-order chi connectivity index (χ0) is 24.1. The number of aromatic nitrogens is 2. The van der Waals surface area contributed by atoms with Gasteiger partial charge in [-0.25, -0.2) is 4.79 Å². The van der Waals surface area contributed by atoms with Crippen LogP contribution in [0.4, 0.5) is 0 Å². The van der Waals surface area contributed by atoms with Gasteiger partial charge in [-0.15, -0.1) is 6.58 Å². The number of benzene rings is 3. The molecule has 1 N–H and O–H groups in total. The Morgan fingerprint density at radius 3 is 2.47 bits per heavy atom. The van der Waals surface area contributed by atoms with Gasteiger partial charge in [0.05, 0.1) is 29.1 Å². The number of nitrogens with one attached hydrogen (secondary N) is 1. The zero-order valence-corrected chi connectivity index (χ0v) is 18.4. The minimum Gasteiger partial charge on any atom is -0.348 e. The molecule has 1 amide bonds. The molecule has 4 rings (SSSR count). The molecule has 168 valence electrons. The topological polar surface area (TPSA) is 96.9 Å². The van der Waals surface area contributed by atoms with Crippen molar-refractivity contribution in [3.63, 3.8) is 0 Å². The summed E-state index contributed by atoms with van der Waals surface area (Å²) in [6, 6.07) is 23.3. The second kappa shape index (κ2) is 9.84. The SMILES string of the molecule is C=CCn1c(=O)c2ccc(C(=O)NCc3ccccc3)cc2n(Cc2ccccc2C#N)c1=O. The molecule has 0 spiro atoms. The Hall–Kier alpha value is -4.70. The monoisotopic (exact) mass is 450 g/mol. The van der Waals surface area contributed by atoms with E-state index < -0.39 is 11.2 Å². The van der Waals surface area contributed by atoms with E-state index in [1.807, 2.05) is 30.3 Å². The number of allylic oxidation sites excluding steroid dienone is 1. The minimum atomic E-state index is -0.535. The van der Waals surface area contributed by atoms with Crippen molar-refractivity contribution in [3.8, 4) is 6.07 Å². The molecule has 0 atom stereocenters. The molecule has 0 unspecified atom stereocenters. The Morgan fingerprint density at radius 2 is 1.74 bits per heavy atom. The molecule has 0 radical (unpaired) electrons. The molecular weight excluding hydrogens is 428 g/mol. The van der Waals surface area contributed by atoms with Crippen LogP contribution in [0.25, 0.3) is 10.9 Å². The van der Waals surface area contributed by atoms with E-state index >= 15 is 0 Å². The highest BCUT2D eigenvalue weighted by Gasteiger charge is 2.16. The fourth-order valence-electron chi connectivity index (χ4n) is 3.82. The second-order valence-electron chi connectivity index (χ2n) is 7.74. The van der Waals surface area contributed by atoms with Crippen LogP contribution < -0.4 is 16.6 Å². The largest absolute Gasteiger partial charge is 0.348 e. The molecule has 0 bridgehead atoms. The first kappa shape index (κ1) is 22.5. The summed E-state index contributed by atoms with van der Waals surface area (Å²) in [6.07, 6.45) is 1.48. The van der Waals surface area contributed by atoms with E-state index in [0.29, 0.717) is 34.1 Å². The molecule has 0 aliphatic carbocycles. The summed E-state index contributed by atoms with van der Waals surface area (Å²) in [4.78, 5) is 39.1. The van der Waals surface area contributed by atoms with Crippen molar-refractivity contribution >= 4 is 16.8 Å². The summed E-state index contributed by atoms with van der Waals surface area (Å²) in [7, 11) is 0. The van der Waals surface area contributed by atoms with Crippen molar-refractivity contribution in [2.24, 2.45) is 0 Å². The Balaban J connectivity index is 1.81. The highest BCUT2D eigenvalue weighted by molar-refractivity contribution is 5.97. The summed E-state index contributed by atoms with van der Waals surface area (Å²) in [5.41, 5.74) is 1.68. The first-order valence-corrected chi connectivity index (χ1v) is 10.7. The summed E-state index contributed by atoms with van der Waals surface area (Å²) in [5.74, 6) is -0.322. The minimum absolute atomic E-state index is 0.0484. The molecule has 0 aliphatic rings. The van der Waals surface area contributed by atoms with Crippen LogP contribution in [0.3, 0.4) is 0 Å². The van der Waals surface area contributed by atoms with Gasteiger partial charge >= 0.3 is 5.69 Å². The molecule has 1 heterocycles. The van der Waals surface area contributed by atoms with Gasteiger partial charge in [-0.05, 0) is 35.4 Å². The smallest absolute Gasteiger partial charge is 0.332 e. The normalized spacial score (nSPS) is 10.6. The van der Waals surface area contributed by atoms with Crippen molar-refractivity contribution in [2.45, 2.75) is 19.6 Å². The molecule has 0 fully saturated rings. The van der Waals surface area contributed by atoms with Crippen LogP contribution in [0, 0.1) is 11.3 Å². The molecule has 34 heavy (non-hydrogen) atoms. The van der Waals surface area contributed by atoms with Crippen molar-refractivity contribution in [3.05, 3.63) is 129 Å². The second-order valence-corrected chi connectivity index (χ2v) is 7.74. The third-order valence-electron chi connectivity index (χ3n) is 5.56. The number of hydrogen-bond donors (Lipinski definition) is 1. The molecule has 1 aromatic heterocycles. The molecule has 7 heteroatoms. The van der Waals surface area contributed by atoms with Gasteiger partial charge in [-0.1, -0.05) is 54.6 Å². The third-order valence-corrected chi connectivity index (χ3v) is 5.56. The summed E-state index contributed by atoms with van der Waals surface area (Å²) in [6.45, 7) is 4.11. The molecule has 0 saturated carbocycles. The van der Waals surface area contributed by atoms with Crippen LogP contribution >= 0.6 is 0 Å². The summed E-state index contributed by atoms with van der Waals surface area (Å²) >= 11 is 0.